The molecule has 1 heterocycles. The van der Waals surface area contributed by atoms with Gasteiger partial charge >= 0.3 is 5.97 Å². The van der Waals surface area contributed by atoms with Gasteiger partial charge in [-0.2, -0.15) is 5.26 Å². The number of fused-ring (bicyclic) bond motifs is 1. The lowest BCUT2D eigenvalue weighted by atomic mass is 10.1. The molecule has 7 heteroatoms. The highest BCUT2D eigenvalue weighted by Gasteiger charge is 2.19. The van der Waals surface area contributed by atoms with Gasteiger partial charge in [-0.1, -0.05) is 6.07 Å². The Morgan fingerprint density at radius 2 is 2.26 bits per heavy atom. The first-order chi connectivity index (χ1) is 9.04. The first-order valence-corrected chi connectivity index (χ1v) is 5.38. The summed E-state index contributed by atoms with van der Waals surface area (Å²) in [5, 5.41) is 28.9. The van der Waals surface area contributed by atoms with Crippen LogP contribution < -0.4 is 0 Å². The van der Waals surface area contributed by atoms with Crippen LogP contribution >= 0.6 is 0 Å². The van der Waals surface area contributed by atoms with Crippen LogP contribution in [0.25, 0.3) is 10.9 Å². The van der Waals surface area contributed by atoms with Gasteiger partial charge in [0.2, 0.25) is 0 Å². The topological polar surface area (TPSA) is 109 Å². The molecule has 2 rings (SSSR count). The molecule has 0 saturated carbocycles. The molecule has 1 aromatic heterocycles. The molecule has 0 radical (unpaired) electrons. The Morgan fingerprint density at radius 3 is 2.84 bits per heavy atom. The average Bonchev–Trinajstić information content (AvgIpc) is 2.67. The molecule has 2 aromatic rings. The van der Waals surface area contributed by atoms with Crippen LogP contribution in [0.5, 0.6) is 0 Å². The summed E-state index contributed by atoms with van der Waals surface area (Å²) < 4.78 is 1.40. The fourth-order valence-corrected chi connectivity index (χ4v) is 2.07. The summed E-state index contributed by atoms with van der Waals surface area (Å²) in [6, 6.07) is 6.37. The van der Waals surface area contributed by atoms with Gasteiger partial charge < -0.3 is 9.67 Å². The molecule has 1 aromatic carbocycles. The van der Waals surface area contributed by atoms with Gasteiger partial charge in [-0.05, 0) is 11.6 Å². The Labute approximate surface area is 107 Å². The van der Waals surface area contributed by atoms with Crippen LogP contribution in [0.3, 0.4) is 0 Å². The first kappa shape index (κ1) is 12.6. The van der Waals surface area contributed by atoms with Crippen LogP contribution in [-0.4, -0.2) is 20.6 Å². The predicted molar refractivity (Wildman–Crippen MR) is 65.5 cm³/mol. The van der Waals surface area contributed by atoms with Crippen molar-refractivity contribution in [2.45, 2.75) is 13.0 Å². The van der Waals surface area contributed by atoms with Crippen molar-refractivity contribution in [1.82, 2.24) is 4.57 Å². The Bertz CT molecular complexity index is 712. The lowest BCUT2D eigenvalue weighted by Gasteiger charge is -2.00. The van der Waals surface area contributed by atoms with E-state index in [4.69, 9.17) is 10.4 Å². The number of benzene rings is 1. The molecule has 0 aliphatic carbocycles. The van der Waals surface area contributed by atoms with E-state index in [0.29, 0.717) is 16.5 Å². The van der Waals surface area contributed by atoms with Crippen molar-refractivity contribution in [1.29, 1.82) is 5.26 Å². The van der Waals surface area contributed by atoms with Crippen molar-refractivity contribution in [3.63, 3.8) is 0 Å². The number of nitriles is 1. The van der Waals surface area contributed by atoms with Gasteiger partial charge in [0.05, 0.1) is 28.3 Å². The molecule has 0 bridgehead atoms. The number of hydrogen-bond acceptors (Lipinski definition) is 4. The van der Waals surface area contributed by atoms with Crippen molar-refractivity contribution in [3.8, 4) is 6.07 Å². The third kappa shape index (κ3) is 2.24. The lowest BCUT2D eigenvalue weighted by molar-refractivity contribution is -0.383. The number of nitro benzene ring substituents is 1. The molecule has 0 amide bonds. The minimum Gasteiger partial charge on any atom is -0.480 e. The number of rotatable bonds is 4. The molecular formula is C12H9N3O4. The van der Waals surface area contributed by atoms with Gasteiger partial charge in [0.25, 0.3) is 5.69 Å². The van der Waals surface area contributed by atoms with Crippen LogP contribution in [-0.2, 0) is 17.8 Å². The van der Waals surface area contributed by atoms with Gasteiger partial charge in [-0.25, -0.2) is 0 Å². The van der Waals surface area contributed by atoms with E-state index in [-0.39, 0.29) is 18.7 Å². The number of nitrogens with zero attached hydrogens (tertiary/aromatic N) is 3. The van der Waals surface area contributed by atoms with Crippen LogP contribution in [0, 0.1) is 21.4 Å². The number of nitro groups is 1. The lowest BCUT2D eigenvalue weighted by Crippen LogP contribution is -2.07. The van der Waals surface area contributed by atoms with Gasteiger partial charge in [0, 0.05) is 12.3 Å². The van der Waals surface area contributed by atoms with E-state index in [9.17, 15) is 14.9 Å². The largest absolute Gasteiger partial charge is 0.480 e. The van der Waals surface area contributed by atoms with Crippen LogP contribution in [0.1, 0.15) is 5.56 Å². The molecule has 19 heavy (non-hydrogen) atoms. The van der Waals surface area contributed by atoms with Crippen molar-refractivity contribution < 1.29 is 14.8 Å². The maximum atomic E-state index is 11.0. The minimum absolute atomic E-state index is 0.00598. The Hall–Kier alpha value is -2.88. The highest BCUT2D eigenvalue weighted by Crippen LogP contribution is 2.30. The maximum absolute atomic E-state index is 11.0. The standard InChI is InChI=1S/C12H9N3O4/c13-5-4-8-6-14(7-11(16)17)9-2-1-3-10(12(8)9)15(18)19/h1-3,6H,4,7H2,(H,16,17). The number of aromatic nitrogens is 1. The number of aliphatic carboxylic acids is 1. The summed E-state index contributed by atoms with van der Waals surface area (Å²) in [6.07, 6.45) is 1.48. The zero-order valence-corrected chi connectivity index (χ0v) is 9.74. The van der Waals surface area contributed by atoms with Crippen LogP contribution in [0.15, 0.2) is 24.4 Å². The van der Waals surface area contributed by atoms with E-state index < -0.39 is 10.9 Å². The van der Waals surface area contributed by atoms with Crippen molar-refractivity contribution in [3.05, 3.63) is 40.1 Å². The Kier molecular flexibility index (Phi) is 3.16. The van der Waals surface area contributed by atoms with Gasteiger partial charge in [0.1, 0.15) is 6.54 Å². The predicted octanol–water partition coefficient (Wildman–Crippen LogP) is 1.70. The quantitative estimate of drug-likeness (QED) is 0.663. The third-order valence-corrected chi connectivity index (χ3v) is 2.73. The zero-order chi connectivity index (χ0) is 14.0. The Morgan fingerprint density at radius 1 is 1.53 bits per heavy atom. The molecule has 0 atom stereocenters. The van der Waals surface area contributed by atoms with Crippen molar-refractivity contribution >= 4 is 22.6 Å². The molecule has 0 saturated heterocycles. The highest BCUT2D eigenvalue weighted by atomic mass is 16.6. The molecule has 0 aliphatic rings. The second kappa shape index (κ2) is 4.78. The number of carboxylic acids is 1. The summed E-state index contributed by atoms with van der Waals surface area (Å²) in [4.78, 5) is 21.2. The van der Waals surface area contributed by atoms with Gasteiger partial charge in [-0.3, -0.25) is 14.9 Å². The first-order valence-electron chi connectivity index (χ1n) is 5.38. The fourth-order valence-electron chi connectivity index (χ4n) is 2.07. The normalized spacial score (nSPS) is 10.3. The average molecular weight is 259 g/mol. The van der Waals surface area contributed by atoms with E-state index in [1.54, 1.807) is 6.07 Å². The Balaban J connectivity index is 2.75. The maximum Gasteiger partial charge on any atom is 0.323 e. The second-order valence-electron chi connectivity index (χ2n) is 3.94. The highest BCUT2D eigenvalue weighted by molar-refractivity contribution is 5.93. The number of non-ortho nitro benzene ring substituents is 1. The van der Waals surface area contributed by atoms with E-state index in [0.717, 1.165) is 0 Å². The molecule has 1 N–H and O–H groups in total. The van der Waals surface area contributed by atoms with Crippen LogP contribution in [0.2, 0.25) is 0 Å². The fraction of sp³-hybridized carbons (Fsp3) is 0.167. The van der Waals surface area contributed by atoms with E-state index in [1.807, 2.05) is 6.07 Å². The molecule has 0 unspecified atom stereocenters. The smallest absolute Gasteiger partial charge is 0.323 e. The third-order valence-electron chi connectivity index (χ3n) is 2.73. The summed E-state index contributed by atoms with van der Waals surface area (Å²) in [7, 11) is 0. The molecule has 0 fully saturated rings. The van der Waals surface area contributed by atoms with E-state index in [2.05, 4.69) is 0 Å². The molecule has 96 valence electrons. The molecule has 0 spiro atoms. The summed E-state index contributed by atoms with van der Waals surface area (Å²) in [5.41, 5.74) is 0.791. The van der Waals surface area contributed by atoms with Gasteiger partial charge in [0.15, 0.2) is 0 Å². The molecule has 0 aliphatic heterocycles. The molecule has 7 nitrogen and oxygen atoms in total. The number of hydrogen-bond donors (Lipinski definition) is 1. The summed E-state index contributed by atoms with van der Waals surface area (Å²) >= 11 is 0. The number of carbonyl (C=O) groups is 1. The summed E-state index contributed by atoms with van der Waals surface area (Å²) in [6.45, 7) is -0.302. The van der Waals surface area contributed by atoms with E-state index >= 15 is 0 Å². The van der Waals surface area contributed by atoms with Crippen LogP contribution in [0.4, 0.5) is 5.69 Å². The SMILES string of the molecule is N#CCc1cn(CC(=O)O)c2cccc([N+](=O)[O-])c12. The van der Waals surface area contributed by atoms with Gasteiger partial charge in [-0.15, -0.1) is 0 Å². The van der Waals surface area contributed by atoms with Crippen molar-refractivity contribution in [2.24, 2.45) is 0 Å². The minimum atomic E-state index is -1.05. The summed E-state index contributed by atoms with van der Waals surface area (Å²) in [5.74, 6) is -1.05. The monoisotopic (exact) mass is 259 g/mol. The van der Waals surface area contributed by atoms with E-state index in [1.165, 1.54) is 22.9 Å². The molecular weight excluding hydrogens is 250 g/mol. The number of carboxylic acid groups (broad SMARTS) is 1. The second-order valence-corrected chi connectivity index (χ2v) is 3.94. The zero-order valence-electron chi connectivity index (χ0n) is 9.74. The van der Waals surface area contributed by atoms with Crippen molar-refractivity contribution in [2.75, 3.05) is 0 Å².